The van der Waals surface area contributed by atoms with E-state index in [2.05, 4.69) is 19.6 Å². The topological polar surface area (TPSA) is 75.2 Å². The summed E-state index contributed by atoms with van der Waals surface area (Å²) in [4.78, 5) is 11.6. The van der Waals surface area contributed by atoms with Crippen molar-refractivity contribution in [2.24, 2.45) is 5.92 Å². The molecule has 0 radical (unpaired) electrons. The molecule has 6 nitrogen and oxygen atoms in total. The summed E-state index contributed by atoms with van der Waals surface area (Å²) in [7, 11) is -3.55. The van der Waals surface area contributed by atoms with Gasteiger partial charge in [-0.05, 0) is 50.1 Å². The second kappa shape index (κ2) is 8.08. The lowest BCUT2D eigenvalue weighted by Crippen LogP contribution is -2.39. The lowest BCUT2D eigenvalue weighted by atomic mass is 9.97. The number of sulfonamides is 1. The summed E-state index contributed by atoms with van der Waals surface area (Å²) >= 11 is 0. The first-order valence-corrected chi connectivity index (χ1v) is 11.5. The fraction of sp³-hybridized carbons (Fsp3) is 0.364. The van der Waals surface area contributed by atoms with E-state index in [4.69, 9.17) is 0 Å². The number of hydrogen-bond donors (Lipinski definition) is 1. The number of nitrogens with one attached hydrogen (secondary N) is 1. The molecule has 1 aliphatic heterocycles. The molecular weight excluding hydrogens is 384 g/mol. The molecule has 1 aliphatic rings. The largest absolute Gasteiger partial charge is 0.341 e. The number of rotatable bonds is 5. The molecule has 1 fully saturated rings. The van der Waals surface area contributed by atoms with E-state index in [1.54, 1.807) is 12.1 Å². The smallest absolute Gasteiger partial charge is 0.241 e. The van der Waals surface area contributed by atoms with Crippen molar-refractivity contribution in [1.29, 1.82) is 0 Å². The van der Waals surface area contributed by atoms with Crippen molar-refractivity contribution in [3.05, 3.63) is 59.9 Å². The number of fused-ring (bicyclic) bond motifs is 1. The average molecular weight is 411 g/mol. The Labute approximate surface area is 172 Å². The van der Waals surface area contributed by atoms with Gasteiger partial charge in [-0.1, -0.05) is 36.4 Å². The third kappa shape index (κ3) is 4.41. The van der Waals surface area contributed by atoms with Gasteiger partial charge in [-0.3, -0.25) is 0 Å². The Morgan fingerprint density at radius 1 is 1.00 bits per heavy atom. The van der Waals surface area contributed by atoms with Crippen LogP contribution in [0.15, 0.2) is 53.4 Å². The number of benzene rings is 2. The molecule has 152 valence electrons. The third-order valence-corrected chi connectivity index (χ3v) is 6.95. The molecule has 0 atom stereocenters. The molecule has 0 unspecified atom stereocenters. The van der Waals surface area contributed by atoms with E-state index in [9.17, 15) is 8.42 Å². The minimum atomic E-state index is -3.55. The van der Waals surface area contributed by atoms with Gasteiger partial charge in [0.25, 0.3) is 0 Å². The summed E-state index contributed by atoms with van der Waals surface area (Å²) in [5.41, 5.74) is 1.94. The van der Waals surface area contributed by atoms with E-state index in [1.807, 2.05) is 50.2 Å². The molecule has 29 heavy (non-hydrogen) atoms. The van der Waals surface area contributed by atoms with Gasteiger partial charge in [-0.25, -0.2) is 23.1 Å². The Morgan fingerprint density at radius 2 is 1.66 bits per heavy atom. The molecule has 0 saturated carbocycles. The molecule has 2 aromatic carbocycles. The highest BCUT2D eigenvalue weighted by Crippen LogP contribution is 2.24. The molecule has 0 spiro atoms. The van der Waals surface area contributed by atoms with Gasteiger partial charge in [0.05, 0.1) is 4.90 Å². The first kappa shape index (κ1) is 19.8. The van der Waals surface area contributed by atoms with Crippen molar-refractivity contribution in [2.75, 3.05) is 24.5 Å². The van der Waals surface area contributed by atoms with Crippen LogP contribution in [0.4, 0.5) is 5.95 Å². The molecule has 3 aromatic rings. The van der Waals surface area contributed by atoms with Crippen LogP contribution in [0.3, 0.4) is 0 Å². The van der Waals surface area contributed by atoms with Gasteiger partial charge in [0.1, 0.15) is 0 Å². The van der Waals surface area contributed by atoms with Crippen LogP contribution in [0, 0.1) is 19.8 Å². The summed E-state index contributed by atoms with van der Waals surface area (Å²) in [5.74, 6) is 1.08. The van der Waals surface area contributed by atoms with Gasteiger partial charge in [0.2, 0.25) is 16.0 Å². The Balaban J connectivity index is 1.40. The van der Waals surface area contributed by atoms with Crippen LogP contribution in [0.5, 0.6) is 0 Å². The van der Waals surface area contributed by atoms with Gasteiger partial charge >= 0.3 is 0 Å². The first-order chi connectivity index (χ1) is 13.9. The fourth-order valence-electron chi connectivity index (χ4n) is 3.92. The number of aryl methyl sites for hydroxylation is 2. The summed E-state index contributed by atoms with van der Waals surface area (Å²) in [6, 6.07) is 14.9. The Hall–Kier alpha value is -2.51. The van der Waals surface area contributed by atoms with Gasteiger partial charge in [-0.15, -0.1) is 0 Å². The minimum absolute atomic E-state index is 0.307. The molecule has 0 aliphatic carbocycles. The predicted molar refractivity (Wildman–Crippen MR) is 116 cm³/mol. The zero-order valence-electron chi connectivity index (χ0n) is 16.8. The van der Waals surface area contributed by atoms with Crippen LogP contribution >= 0.6 is 0 Å². The van der Waals surface area contributed by atoms with Crippen molar-refractivity contribution >= 4 is 26.7 Å². The van der Waals surface area contributed by atoms with E-state index in [-0.39, 0.29) is 0 Å². The van der Waals surface area contributed by atoms with E-state index in [0.29, 0.717) is 17.4 Å². The van der Waals surface area contributed by atoms with Crippen molar-refractivity contribution in [2.45, 2.75) is 31.6 Å². The average Bonchev–Trinajstić information content (AvgIpc) is 2.71. The maximum Gasteiger partial charge on any atom is 0.241 e. The van der Waals surface area contributed by atoms with Gasteiger partial charge in [-0.2, -0.15) is 0 Å². The standard InChI is InChI=1S/C22H26N4O2S/c1-16-14-17(2)25-22(24-16)26-12-10-18(11-13-26)15-23-29(27,28)21-9-5-7-19-6-3-4-8-20(19)21/h3-9,14,18,23H,10-13,15H2,1-2H3. The number of piperidine rings is 1. The Morgan fingerprint density at radius 3 is 2.38 bits per heavy atom. The molecule has 1 N–H and O–H groups in total. The highest BCUT2D eigenvalue weighted by Gasteiger charge is 2.24. The molecular formula is C22H26N4O2S. The lowest BCUT2D eigenvalue weighted by Gasteiger charge is -2.32. The normalized spacial score (nSPS) is 15.7. The van der Waals surface area contributed by atoms with Crippen LogP contribution in [0.2, 0.25) is 0 Å². The number of aromatic nitrogens is 2. The fourth-order valence-corrected chi connectivity index (χ4v) is 5.26. The third-order valence-electron chi connectivity index (χ3n) is 5.47. The number of anilines is 1. The van der Waals surface area contributed by atoms with Crippen LogP contribution in [0.1, 0.15) is 24.2 Å². The maximum absolute atomic E-state index is 12.9. The summed E-state index contributed by atoms with van der Waals surface area (Å²) in [6.07, 6.45) is 1.82. The molecule has 2 heterocycles. The lowest BCUT2D eigenvalue weighted by molar-refractivity contribution is 0.399. The molecule has 0 amide bonds. The molecule has 1 aromatic heterocycles. The van der Waals surface area contributed by atoms with Crippen molar-refractivity contribution < 1.29 is 8.42 Å². The SMILES string of the molecule is Cc1cc(C)nc(N2CCC(CNS(=O)(=O)c3cccc4ccccc34)CC2)n1. The zero-order chi connectivity index (χ0) is 20.4. The van der Waals surface area contributed by atoms with Crippen LogP contribution in [-0.2, 0) is 10.0 Å². The van der Waals surface area contributed by atoms with Crippen LogP contribution in [0.25, 0.3) is 10.8 Å². The van der Waals surface area contributed by atoms with E-state index >= 15 is 0 Å². The second-order valence-corrected chi connectivity index (χ2v) is 9.45. The van der Waals surface area contributed by atoms with Crippen molar-refractivity contribution in [1.82, 2.24) is 14.7 Å². The quantitative estimate of drug-likeness (QED) is 0.697. The van der Waals surface area contributed by atoms with Gasteiger partial charge in [0, 0.05) is 36.4 Å². The van der Waals surface area contributed by atoms with E-state index < -0.39 is 10.0 Å². The highest BCUT2D eigenvalue weighted by molar-refractivity contribution is 7.89. The van der Waals surface area contributed by atoms with Crippen LogP contribution in [-0.4, -0.2) is 38.0 Å². The predicted octanol–water partition coefficient (Wildman–Crippen LogP) is 3.44. The minimum Gasteiger partial charge on any atom is -0.341 e. The molecule has 4 rings (SSSR count). The Bertz CT molecular complexity index is 1100. The maximum atomic E-state index is 12.9. The summed E-state index contributed by atoms with van der Waals surface area (Å²) in [6.45, 7) is 6.08. The van der Waals surface area contributed by atoms with Gasteiger partial charge < -0.3 is 4.90 Å². The van der Waals surface area contributed by atoms with Crippen molar-refractivity contribution in [3.63, 3.8) is 0 Å². The van der Waals surface area contributed by atoms with Crippen molar-refractivity contribution in [3.8, 4) is 0 Å². The molecule has 1 saturated heterocycles. The second-order valence-electron chi connectivity index (χ2n) is 7.71. The van der Waals surface area contributed by atoms with Gasteiger partial charge in [0.15, 0.2) is 0 Å². The number of nitrogens with zero attached hydrogens (tertiary/aromatic N) is 3. The highest BCUT2D eigenvalue weighted by atomic mass is 32.2. The first-order valence-electron chi connectivity index (χ1n) is 9.97. The number of hydrogen-bond acceptors (Lipinski definition) is 5. The van der Waals surface area contributed by atoms with E-state index in [1.165, 1.54) is 0 Å². The summed E-state index contributed by atoms with van der Waals surface area (Å²) < 4.78 is 28.6. The van der Waals surface area contributed by atoms with E-state index in [0.717, 1.165) is 54.0 Å². The van der Waals surface area contributed by atoms with Crippen LogP contribution < -0.4 is 9.62 Å². The zero-order valence-corrected chi connectivity index (χ0v) is 17.6. The molecule has 7 heteroatoms. The molecule has 0 bridgehead atoms. The summed E-state index contributed by atoms with van der Waals surface area (Å²) in [5, 5.41) is 1.68. The monoisotopic (exact) mass is 410 g/mol. The Kier molecular flexibility index (Phi) is 5.52.